The first-order valence-electron chi connectivity index (χ1n) is 4.18. The van der Waals surface area contributed by atoms with Crippen LogP contribution >= 0.6 is 11.3 Å². The van der Waals surface area contributed by atoms with Crippen molar-refractivity contribution in [3.05, 3.63) is 34.0 Å². The van der Waals surface area contributed by atoms with E-state index in [0.29, 0.717) is 5.82 Å². The number of hydrogen-bond donors (Lipinski definition) is 1. The fraction of sp³-hybridized carbons (Fsp3) is 0.222. The molecule has 0 bridgehead atoms. The van der Waals surface area contributed by atoms with Crippen LogP contribution in [0.2, 0.25) is 0 Å². The maximum atomic E-state index is 8.44. The molecule has 0 unspecified atom stereocenters. The molecule has 0 saturated carbocycles. The molecule has 0 aliphatic rings. The first-order chi connectivity index (χ1) is 6.88. The van der Waals surface area contributed by atoms with Crippen LogP contribution in [0.4, 0.5) is 0 Å². The summed E-state index contributed by atoms with van der Waals surface area (Å²) in [5.41, 5.74) is 0. The third-order valence-corrected chi connectivity index (χ3v) is 2.61. The Kier molecular flexibility index (Phi) is 2.56. The molecule has 0 aliphatic carbocycles. The van der Waals surface area contributed by atoms with Crippen LogP contribution < -0.4 is 0 Å². The van der Waals surface area contributed by atoms with Gasteiger partial charge in [-0.3, -0.25) is 5.10 Å². The average molecular weight is 204 g/mol. The molecule has 0 spiro atoms. The van der Waals surface area contributed by atoms with Crippen molar-refractivity contribution in [2.45, 2.75) is 12.8 Å². The van der Waals surface area contributed by atoms with Crippen molar-refractivity contribution in [2.24, 2.45) is 0 Å². The van der Waals surface area contributed by atoms with Gasteiger partial charge in [0.2, 0.25) is 0 Å². The van der Waals surface area contributed by atoms with Crippen molar-refractivity contribution < 1.29 is 0 Å². The van der Waals surface area contributed by atoms with Crippen molar-refractivity contribution in [1.82, 2.24) is 15.2 Å². The molecule has 0 saturated heterocycles. The van der Waals surface area contributed by atoms with E-state index in [1.165, 1.54) is 4.88 Å². The third-order valence-electron chi connectivity index (χ3n) is 1.74. The highest BCUT2D eigenvalue weighted by molar-refractivity contribution is 7.09. The zero-order valence-electron chi connectivity index (χ0n) is 7.40. The number of nitrogens with zero attached hydrogens (tertiary/aromatic N) is 3. The van der Waals surface area contributed by atoms with Gasteiger partial charge in [0.05, 0.1) is 12.5 Å². The van der Waals surface area contributed by atoms with Gasteiger partial charge in [-0.05, 0) is 11.4 Å². The number of H-pyrrole nitrogens is 1. The smallest absolute Gasteiger partial charge is 0.164 e. The first kappa shape index (κ1) is 8.91. The van der Waals surface area contributed by atoms with Crippen molar-refractivity contribution >= 4 is 11.3 Å². The van der Waals surface area contributed by atoms with E-state index < -0.39 is 0 Å². The Hall–Kier alpha value is -1.67. The average Bonchev–Trinajstić information content (AvgIpc) is 2.79. The van der Waals surface area contributed by atoms with Gasteiger partial charge in [0.25, 0.3) is 0 Å². The SMILES string of the molecule is N#CCc1n[nH]c(Cc2cccs2)n1. The quantitative estimate of drug-likeness (QED) is 0.824. The first-order valence-corrected chi connectivity index (χ1v) is 5.06. The number of nitrogens with one attached hydrogen (secondary N) is 1. The summed E-state index contributed by atoms with van der Waals surface area (Å²) in [4.78, 5) is 5.43. The number of aromatic nitrogens is 3. The lowest BCUT2D eigenvalue weighted by Gasteiger charge is -1.89. The van der Waals surface area contributed by atoms with Gasteiger partial charge in [0.15, 0.2) is 5.82 Å². The maximum absolute atomic E-state index is 8.44. The Bertz CT molecular complexity index is 438. The Morgan fingerprint density at radius 2 is 2.50 bits per heavy atom. The largest absolute Gasteiger partial charge is 0.263 e. The van der Waals surface area contributed by atoms with Crippen molar-refractivity contribution in [1.29, 1.82) is 5.26 Å². The van der Waals surface area contributed by atoms with Gasteiger partial charge in [-0.25, -0.2) is 4.98 Å². The molecule has 0 atom stereocenters. The number of hydrogen-bond acceptors (Lipinski definition) is 4. The molecule has 0 aromatic carbocycles. The minimum atomic E-state index is 0.265. The summed E-state index contributed by atoms with van der Waals surface area (Å²) in [5.74, 6) is 1.39. The van der Waals surface area contributed by atoms with Gasteiger partial charge >= 0.3 is 0 Å². The van der Waals surface area contributed by atoms with E-state index in [0.717, 1.165) is 12.2 Å². The molecule has 14 heavy (non-hydrogen) atoms. The predicted octanol–water partition coefficient (Wildman–Crippen LogP) is 1.52. The summed E-state index contributed by atoms with van der Waals surface area (Å²) in [6.45, 7) is 0. The van der Waals surface area contributed by atoms with E-state index in [9.17, 15) is 0 Å². The molecule has 1 N–H and O–H groups in total. The van der Waals surface area contributed by atoms with E-state index in [2.05, 4.69) is 21.2 Å². The van der Waals surface area contributed by atoms with Crippen LogP contribution in [0.3, 0.4) is 0 Å². The highest BCUT2D eigenvalue weighted by Gasteiger charge is 2.03. The molecule has 2 heterocycles. The lowest BCUT2D eigenvalue weighted by molar-refractivity contribution is 0.971. The minimum Gasteiger partial charge on any atom is -0.263 e. The lowest BCUT2D eigenvalue weighted by Crippen LogP contribution is -1.88. The molecular formula is C9H8N4S. The highest BCUT2D eigenvalue weighted by Crippen LogP contribution is 2.11. The Morgan fingerprint density at radius 1 is 1.57 bits per heavy atom. The van der Waals surface area contributed by atoms with Crippen LogP contribution in [0.25, 0.3) is 0 Å². The second kappa shape index (κ2) is 4.03. The molecule has 2 aromatic heterocycles. The Morgan fingerprint density at radius 3 is 3.21 bits per heavy atom. The predicted molar refractivity (Wildman–Crippen MR) is 52.8 cm³/mol. The van der Waals surface area contributed by atoms with Crippen molar-refractivity contribution in [2.75, 3.05) is 0 Å². The van der Waals surface area contributed by atoms with Gasteiger partial charge in [0, 0.05) is 11.3 Å². The number of thiophene rings is 1. The van der Waals surface area contributed by atoms with Gasteiger partial charge in [-0.1, -0.05) is 6.07 Å². The van der Waals surface area contributed by atoms with Gasteiger partial charge in [-0.15, -0.1) is 11.3 Å². The topological polar surface area (TPSA) is 65.4 Å². The number of aromatic amines is 1. The van der Waals surface area contributed by atoms with Crippen LogP contribution in [0, 0.1) is 11.3 Å². The molecule has 70 valence electrons. The molecule has 0 amide bonds. The monoisotopic (exact) mass is 204 g/mol. The zero-order chi connectivity index (χ0) is 9.80. The van der Waals surface area contributed by atoms with Crippen molar-refractivity contribution in [3.8, 4) is 6.07 Å². The van der Waals surface area contributed by atoms with E-state index in [4.69, 9.17) is 5.26 Å². The van der Waals surface area contributed by atoms with E-state index in [1.807, 2.05) is 17.5 Å². The summed E-state index contributed by atoms with van der Waals surface area (Å²) < 4.78 is 0. The summed E-state index contributed by atoms with van der Waals surface area (Å²) in [7, 11) is 0. The Balaban J connectivity index is 2.07. The second-order valence-electron chi connectivity index (χ2n) is 2.79. The number of nitriles is 1. The van der Waals surface area contributed by atoms with Crippen LogP contribution in [-0.4, -0.2) is 15.2 Å². The van der Waals surface area contributed by atoms with E-state index in [-0.39, 0.29) is 6.42 Å². The van der Waals surface area contributed by atoms with Crippen LogP contribution in [0.15, 0.2) is 17.5 Å². The van der Waals surface area contributed by atoms with Crippen molar-refractivity contribution in [3.63, 3.8) is 0 Å². The normalized spacial score (nSPS) is 9.93. The van der Waals surface area contributed by atoms with Crippen LogP contribution in [-0.2, 0) is 12.8 Å². The van der Waals surface area contributed by atoms with Crippen LogP contribution in [0.5, 0.6) is 0 Å². The fourth-order valence-corrected chi connectivity index (χ4v) is 1.85. The van der Waals surface area contributed by atoms with Gasteiger partial charge in [0.1, 0.15) is 5.82 Å². The molecule has 4 nitrogen and oxygen atoms in total. The molecule has 2 rings (SSSR count). The molecule has 0 radical (unpaired) electrons. The van der Waals surface area contributed by atoms with Gasteiger partial charge < -0.3 is 0 Å². The summed E-state index contributed by atoms with van der Waals surface area (Å²) in [6.07, 6.45) is 1.02. The standard InChI is InChI=1S/C9H8N4S/c10-4-3-8-11-9(13-12-8)6-7-2-1-5-14-7/h1-2,5H,3,6H2,(H,11,12,13). The van der Waals surface area contributed by atoms with E-state index >= 15 is 0 Å². The molecular weight excluding hydrogens is 196 g/mol. The lowest BCUT2D eigenvalue weighted by atomic mass is 10.3. The maximum Gasteiger partial charge on any atom is 0.164 e. The zero-order valence-corrected chi connectivity index (χ0v) is 8.21. The number of rotatable bonds is 3. The Labute approximate surface area is 85.2 Å². The highest BCUT2D eigenvalue weighted by atomic mass is 32.1. The molecule has 2 aromatic rings. The molecule has 5 heteroatoms. The third kappa shape index (κ3) is 1.98. The summed E-state index contributed by atoms with van der Waals surface area (Å²) >= 11 is 1.69. The van der Waals surface area contributed by atoms with Crippen LogP contribution in [0.1, 0.15) is 16.5 Å². The molecule has 0 fully saturated rings. The summed E-state index contributed by atoms with van der Waals surface area (Å²) in [6, 6.07) is 6.07. The van der Waals surface area contributed by atoms with E-state index in [1.54, 1.807) is 11.3 Å². The van der Waals surface area contributed by atoms with Gasteiger partial charge in [-0.2, -0.15) is 10.4 Å². The minimum absolute atomic E-state index is 0.265. The summed E-state index contributed by atoms with van der Waals surface area (Å²) in [5, 5.41) is 17.2. The second-order valence-corrected chi connectivity index (χ2v) is 3.82. The fourth-order valence-electron chi connectivity index (χ4n) is 1.14. The molecule has 0 aliphatic heterocycles.